The monoisotopic (exact) mass is 356 g/mol. The fraction of sp³-hybridized carbons (Fsp3) is 0.111. The first-order valence-electron chi connectivity index (χ1n) is 7.39. The molecule has 4 aromatic rings. The van der Waals surface area contributed by atoms with E-state index in [0.717, 1.165) is 25.3 Å². The van der Waals surface area contributed by atoms with E-state index in [1.165, 1.54) is 23.5 Å². The van der Waals surface area contributed by atoms with Gasteiger partial charge in [-0.3, -0.25) is 4.79 Å². The Hall–Kier alpha value is -2.31. The number of thiophene rings is 1. The fourth-order valence-electron chi connectivity index (χ4n) is 2.57. The van der Waals surface area contributed by atoms with E-state index in [-0.39, 0.29) is 11.7 Å². The number of amides is 1. The summed E-state index contributed by atoms with van der Waals surface area (Å²) >= 11 is 2.98. The molecule has 3 nitrogen and oxygen atoms in total. The first kappa shape index (κ1) is 15.2. The molecule has 6 heteroatoms. The van der Waals surface area contributed by atoms with Gasteiger partial charge in [0.15, 0.2) is 0 Å². The maximum Gasteiger partial charge on any atom is 0.264 e. The maximum absolute atomic E-state index is 13.3. The van der Waals surface area contributed by atoms with Crippen LogP contribution in [0.25, 0.3) is 20.3 Å². The zero-order valence-corrected chi connectivity index (χ0v) is 14.5. The third kappa shape index (κ3) is 2.79. The third-order valence-corrected chi connectivity index (χ3v) is 5.87. The van der Waals surface area contributed by atoms with Crippen molar-refractivity contribution in [1.29, 1.82) is 0 Å². The molecule has 0 aliphatic rings. The van der Waals surface area contributed by atoms with Gasteiger partial charge in [-0.1, -0.05) is 12.1 Å². The number of carbonyl (C=O) groups excluding carboxylic acids is 1. The second-order valence-corrected chi connectivity index (χ2v) is 7.73. The molecule has 2 aromatic heterocycles. The summed E-state index contributed by atoms with van der Waals surface area (Å²) in [5, 5.41) is 1.66. The number of nitrogens with zero attached hydrogens (tertiary/aromatic N) is 2. The van der Waals surface area contributed by atoms with Gasteiger partial charge in [0.1, 0.15) is 10.8 Å². The first-order valence-corrected chi connectivity index (χ1v) is 9.02. The molecule has 0 aliphatic heterocycles. The number of thiazole rings is 1. The minimum atomic E-state index is -0.290. The third-order valence-electron chi connectivity index (χ3n) is 3.75. The Morgan fingerprint density at radius 3 is 2.79 bits per heavy atom. The van der Waals surface area contributed by atoms with Crippen LogP contribution in [0.1, 0.15) is 14.7 Å². The van der Waals surface area contributed by atoms with E-state index in [9.17, 15) is 9.18 Å². The molecule has 0 saturated heterocycles. The van der Waals surface area contributed by atoms with E-state index in [1.807, 2.05) is 24.3 Å². The number of carbonyl (C=O) groups is 1. The van der Waals surface area contributed by atoms with Crippen molar-refractivity contribution in [2.24, 2.45) is 0 Å². The highest BCUT2D eigenvalue weighted by Crippen LogP contribution is 2.28. The van der Waals surface area contributed by atoms with Crippen molar-refractivity contribution in [3.63, 3.8) is 0 Å². The van der Waals surface area contributed by atoms with Crippen LogP contribution >= 0.6 is 22.7 Å². The number of hydrogen-bond donors (Lipinski definition) is 0. The van der Waals surface area contributed by atoms with Crippen molar-refractivity contribution < 1.29 is 9.18 Å². The first-order chi connectivity index (χ1) is 11.6. The number of benzene rings is 2. The number of fused-ring (bicyclic) bond motifs is 2. The van der Waals surface area contributed by atoms with Gasteiger partial charge in [-0.15, -0.1) is 22.7 Å². The molecule has 0 fully saturated rings. The van der Waals surface area contributed by atoms with Gasteiger partial charge in [0.2, 0.25) is 0 Å². The Labute approximate surface area is 146 Å². The molecule has 4 rings (SSSR count). The Balaban J connectivity index is 1.58. The standard InChI is InChI=1S/C18H13FN2OS2/c1-21(10-17-20-13-4-2-3-5-15(13)24-17)18(22)16-9-11-8-12(19)6-7-14(11)23-16/h2-9H,10H2,1H3. The molecule has 2 aromatic carbocycles. The van der Waals surface area contributed by atoms with Gasteiger partial charge in [-0.25, -0.2) is 9.37 Å². The molecule has 24 heavy (non-hydrogen) atoms. The Bertz CT molecular complexity index is 1020. The predicted molar refractivity (Wildman–Crippen MR) is 97.2 cm³/mol. The lowest BCUT2D eigenvalue weighted by atomic mass is 10.2. The number of halogens is 1. The summed E-state index contributed by atoms with van der Waals surface area (Å²) in [4.78, 5) is 19.5. The molecule has 0 aliphatic carbocycles. The fourth-order valence-corrected chi connectivity index (χ4v) is 4.63. The molecular weight excluding hydrogens is 343 g/mol. The molecule has 120 valence electrons. The van der Waals surface area contributed by atoms with Gasteiger partial charge in [0, 0.05) is 11.7 Å². The maximum atomic E-state index is 13.3. The Morgan fingerprint density at radius 2 is 1.96 bits per heavy atom. The van der Waals surface area contributed by atoms with Crippen LogP contribution in [0.2, 0.25) is 0 Å². The summed E-state index contributed by atoms with van der Waals surface area (Å²) in [6.45, 7) is 0.459. The van der Waals surface area contributed by atoms with Crippen molar-refractivity contribution in [2.75, 3.05) is 7.05 Å². The van der Waals surface area contributed by atoms with Crippen LogP contribution in [0.3, 0.4) is 0 Å². The van der Waals surface area contributed by atoms with Gasteiger partial charge in [0.05, 0.1) is 21.6 Å². The normalized spacial score (nSPS) is 11.2. The number of hydrogen-bond acceptors (Lipinski definition) is 4. The van der Waals surface area contributed by atoms with E-state index < -0.39 is 0 Å². The SMILES string of the molecule is CN(Cc1nc2ccccc2s1)C(=O)c1cc2cc(F)ccc2s1. The molecule has 0 bridgehead atoms. The lowest BCUT2D eigenvalue weighted by Gasteiger charge is -2.14. The largest absolute Gasteiger partial charge is 0.334 e. The quantitative estimate of drug-likeness (QED) is 0.522. The van der Waals surface area contributed by atoms with E-state index in [1.54, 1.807) is 35.4 Å². The predicted octanol–water partition coefficient (Wildman–Crippen LogP) is 4.92. The van der Waals surface area contributed by atoms with E-state index in [2.05, 4.69) is 4.98 Å². The topological polar surface area (TPSA) is 33.2 Å². The average Bonchev–Trinajstić information content (AvgIpc) is 3.16. The molecule has 1 amide bonds. The second-order valence-electron chi connectivity index (χ2n) is 5.53. The van der Waals surface area contributed by atoms with E-state index in [0.29, 0.717) is 11.4 Å². The van der Waals surface area contributed by atoms with Crippen LogP contribution in [-0.2, 0) is 6.54 Å². The van der Waals surface area contributed by atoms with Gasteiger partial charge >= 0.3 is 0 Å². The highest BCUT2D eigenvalue weighted by Gasteiger charge is 2.17. The summed E-state index contributed by atoms with van der Waals surface area (Å²) in [5.41, 5.74) is 0.954. The van der Waals surface area contributed by atoms with Crippen LogP contribution < -0.4 is 0 Å². The summed E-state index contributed by atoms with van der Waals surface area (Å²) in [6, 6.07) is 14.3. The van der Waals surface area contributed by atoms with Gasteiger partial charge in [0.25, 0.3) is 5.91 Å². The zero-order valence-electron chi connectivity index (χ0n) is 12.8. The summed E-state index contributed by atoms with van der Waals surface area (Å²) in [6.07, 6.45) is 0. The van der Waals surface area contributed by atoms with Crippen molar-refractivity contribution in [3.05, 3.63) is 64.2 Å². The summed E-state index contributed by atoms with van der Waals surface area (Å²) in [5.74, 6) is -0.363. The Kier molecular flexibility index (Phi) is 3.78. The smallest absolute Gasteiger partial charge is 0.264 e. The van der Waals surface area contributed by atoms with Gasteiger partial charge < -0.3 is 4.90 Å². The second kappa shape index (κ2) is 5.96. The van der Waals surface area contributed by atoms with Crippen molar-refractivity contribution in [1.82, 2.24) is 9.88 Å². The number of aromatic nitrogens is 1. The average molecular weight is 356 g/mol. The highest BCUT2D eigenvalue weighted by atomic mass is 32.1. The number of para-hydroxylation sites is 1. The molecule has 0 radical (unpaired) electrons. The zero-order chi connectivity index (χ0) is 16.7. The highest BCUT2D eigenvalue weighted by molar-refractivity contribution is 7.20. The molecule has 0 N–H and O–H groups in total. The van der Waals surface area contributed by atoms with Crippen molar-refractivity contribution >= 4 is 48.9 Å². The number of rotatable bonds is 3. The minimum absolute atomic E-state index is 0.0733. The summed E-state index contributed by atoms with van der Waals surface area (Å²) in [7, 11) is 1.76. The molecule has 0 spiro atoms. The van der Waals surface area contributed by atoms with Crippen LogP contribution in [0.5, 0.6) is 0 Å². The Morgan fingerprint density at radius 1 is 1.12 bits per heavy atom. The molecule has 0 unspecified atom stereocenters. The van der Waals surface area contributed by atoms with Gasteiger partial charge in [-0.05, 0) is 41.8 Å². The van der Waals surface area contributed by atoms with E-state index >= 15 is 0 Å². The molecule has 0 atom stereocenters. The van der Waals surface area contributed by atoms with E-state index in [4.69, 9.17) is 0 Å². The lowest BCUT2D eigenvalue weighted by Crippen LogP contribution is -2.25. The van der Waals surface area contributed by atoms with Crippen molar-refractivity contribution in [3.8, 4) is 0 Å². The van der Waals surface area contributed by atoms with Crippen molar-refractivity contribution in [2.45, 2.75) is 6.54 Å². The summed E-state index contributed by atoms with van der Waals surface area (Å²) < 4.78 is 15.3. The van der Waals surface area contributed by atoms with Crippen LogP contribution in [0, 0.1) is 5.82 Å². The molecular formula is C18H13FN2OS2. The minimum Gasteiger partial charge on any atom is -0.334 e. The van der Waals surface area contributed by atoms with Gasteiger partial charge in [-0.2, -0.15) is 0 Å². The van der Waals surface area contributed by atoms with Crippen LogP contribution in [-0.4, -0.2) is 22.8 Å². The van der Waals surface area contributed by atoms with Crippen LogP contribution in [0.4, 0.5) is 4.39 Å². The molecule has 2 heterocycles. The lowest BCUT2D eigenvalue weighted by molar-refractivity contribution is 0.0790. The van der Waals surface area contributed by atoms with Crippen LogP contribution in [0.15, 0.2) is 48.5 Å². The molecule has 0 saturated carbocycles.